The van der Waals surface area contributed by atoms with Crippen LogP contribution < -0.4 is 20.9 Å². The molecular formula is C29H29N5O3S. The summed E-state index contributed by atoms with van der Waals surface area (Å²) in [6.45, 7) is 1.00. The van der Waals surface area contributed by atoms with Crippen LogP contribution >= 0.6 is 11.3 Å². The number of para-hydroxylation sites is 2. The maximum atomic E-state index is 13.9. The summed E-state index contributed by atoms with van der Waals surface area (Å²) in [7, 11) is 0. The topological polar surface area (TPSA) is 112 Å². The van der Waals surface area contributed by atoms with Crippen LogP contribution in [0.4, 0.5) is 11.4 Å². The van der Waals surface area contributed by atoms with E-state index in [1.54, 1.807) is 21.1 Å². The number of anilines is 2. The molecule has 38 heavy (non-hydrogen) atoms. The summed E-state index contributed by atoms with van der Waals surface area (Å²) in [5.74, 6) is -0.492. The molecule has 3 amide bonds. The summed E-state index contributed by atoms with van der Waals surface area (Å²) in [6, 6.07) is 14.1. The van der Waals surface area contributed by atoms with Crippen LogP contribution in [0.1, 0.15) is 29.5 Å². The maximum Gasteiger partial charge on any atom is 0.250 e. The van der Waals surface area contributed by atoms with Crippen LogP contribution in [0.5, 0.6) is 0 Å². The number of carbonyl (C=O) groups is 3. The van der Waals surface area contributed by atoms with Crippen molar-refractivity contribution in [2.75, 3.05) is 16.3 Å². The van der Waals surface area contributed by atoms with Crippen molar-refractivity contribution in [2.45, 2.75) is 44.3 Å². The third-order valence-corrected chi connectivity index (χ3v) is 8.14. The molecule has 1 fully saturated rings. The molecule has 0 aliphatic carbocycles. The number of thiophene rings is 1. The number of hydrogen-bond acceptors (Lipinski definition) is 5. The van der Waals surface area contributed by atoms with E-state index >= 15 is 0 Å². The van der Waals surface area contributed by atoms with Gasteiger partial charge in [0.05, 0.1) is 24.0 Å². The Morgan fingerprint density at radius 2 is 2.03 bits per heavy atom. The van der Waals surface area contributed by atoms with Gasteiger partial charge in [-0.15, -0.1) is 0 Å². The second-order valence-corrected chi connectivity index (χ2v) is 10.7. The molecule has 2 aliphatic rings. The number of rotatable bonds is 7. The predicted octanol–water partition coefficient (Wildman–Crippen LogP) is 3.50. The summed E-state index contributed by atoms with van der Waals surface area (Å²) in [5, 5.41) is 7.95. The largest absolute Gasteiger partial charge is 0.361 e. The minimum Gasteiger partial charge on any atom is -0.361 e. The van der Waals surface area contributed by atoms with Crippen LogP contribution in [-0.4, -0.2) is 41.3 Å². The first kappa shape index (κ1) is 24.4. The normalized spacial score (nSPS) is 18.2. The lowest BCUT2D eigenvalue weighted by Gasteiger charge is -2.37. The van der Waals surface area contributed by atoms with Crippen molar-refractivity contribution in [1.29, 1.82) is 0 Å². The lowest BCUT2D eigenvalue weighted by Crippen LogP contribution is -2.56. The van der Waals surface area contributed by atoms with Crippen molar-refractivity contribution < 1.29 is 14.4 Å². The highest BCUT2D eigenvalue weighted by Gasteiger charge is 2.38. The number of amides is 3. The summed E-state index contributed by atoms with van der Waals surface area (Å²) in [6.07, 6.45) is 3.88. The highest BCUT2D eigenvalue weighted by atomic mass is 32.1. The van der Waals surface area contributed by atoms with E-state index in [2.05, 4.69) is 10.3 Å². The zero-order valence-corrected chi connectivity index (χ0v) is 21.7. The van der Waals surface area contributed by atoms with Crippen molar-refractivity contribution >= 4 is 51.3 Å². The molecule has 4 aromatic rings. The Hall–Kier alpha value is -3.95. The molecule has 4 N–H and O–H groups in total. The lowest BCUT2D eigenvalue weighted by molar-refractivity contribution is -0.128. The standard InChI is InChI=1S/C29H29N5O3S/c30-22(13-20-15-31-23-7-2-1-6-21(20)23)28(36)32-24-14-19-5-3-8-25(33-11-4-9-26(33)35)27(19)34(29(24)37)16-18-10-12-38-17-18/h1-3,5-8,10,12,15,17,22,24,31H,4,9,11,13-14,16,30H2,(H,32,36). The zero-order valence-electron chi connectivity index (χ0n) is 20.9. The Bertz CT molecular complexity index is 1510. The fraction of sp³-hybridized carbons (Fsp3) is 0.276. The highest BCUT2D eigenvalue weighted by Crippen LogP contribution is 2.40. The van der Waals surface area contributed by atoms with Gasteiger partial charge in [-0.05, 0) is 58.5 Å². The molecule has 4 heterocycles. The van der Waals surface area contributed by atoms with Crippen LogP contribution in [0.25, 0.3) is 10.9 Å². The van der Waals surface area contributed by atoms with Gasteiger partial charge in [-0.25, -0.2) is 0 Å². The number of benzene rings is 2. The lowest BCUT2D eigenvalue weighted by atomic mass is 9.94. The van der Waals surface area contributed by atoms with Crippen LogP contribution in [0, 0.1) is 0 Å². The van der Waals surface area contributed by atoms with Gasteiger partial charge in [-0.2, -0.15) is 11.3 Å². The number of nitrogens with two attached hydrogens (primary N) is 1. The van der Waals surface area contributed by atoms with Crippen LogP contribution in [0.15, 0.2) is 65.5 Å². The van der Waals surface area contributed by atoms with E-state index in [0.717, 1.165) is 45.4 Å². The number of aromatic amines is 1. The first-order valence-electron chi connectivity index (χ1n) is 12.9. The van der Waals surface area contributed by atoms with Crippen molar-refractivity contribution in [2.24, 2.45) is 5.73 Å². The number of nitrogens with one attached hydrogen (secondary N) is 2. The number of H-pyrrole nitrogens is 1. The summed E-state index contributed by atoms with van der Waals surface area (Å²) >= 11 is 1.57. The molecule has 0 spiro atoms. The fourth-order valence-corrected chi connectivity index (χ4v) is 6.18. The molecule has 8 nitrogen and oxygen atoms in total. The molecule has 0 saturated carbocycles. The molecule has 2 aliphatic heterocycles. The minimum atomic E-state index is -0.803. The molecule has 2 atom stereocenters. The average molecular weight is 528 g/mol. The van der Waals surface area contributed by atoms with Gasteiger partial charge >= 0.3 is 0 Å². The van der Waals surface area contributed by atoms with Crippen molar-refractivity contribution in [3.8, 4) is 0 Å². The number of nitrogens with zero attached hydrogens (tertiary/aromatic N) is 2. The van der Waals surface area contributed by atoms with E-state index in [1.165, 1.54) is 0 Å². The Morgan fingerprint density at radius 1 is 1.16 bits per heavy atom. The van der Waals surface area contributed by atoms with Crippen LogP contribution in [0.3, 0.4) is 0 Å². The molecule has 2 aromatic carbocycles. The maximum absolute atomic E-state index is 13.9. The van der Waals surface area contributed by atoms with E-state index in [-0.39, 0.29) is 17.7 Å². The fourth-order valence-electron chi connectivity index (χ4n) is 5.52. The Morgan fingerprint density at radius 3 is 2.82 bits per heavy atom. The van der Waals surface area contributed by atoms with Gasteiger partial charge in [0.1, 0.15) is 6.04 Å². The van der Waals surface area contributed by atoms with Crippen LogP contribution in [-0.2, 0) is 33.8 Å². The van der Waals surface area contributed by atoms with E-state index in [4.69, 9.17) is 5.73 Å². The van der Waals surface area contributed by atoms with Gasteiger partial charge in [-0.1, -0.05) is 30.3 Å². The van der Waals surface area contributed by atoms with Gasteiger partial charge in [0.2, 0.25) is 17.7 Å². The Labute approximate surface area is 224 Å². The van der Waals surface area contributed by atoms with Gasteiger partial charge in [0, 0.05) is 36.5 Å². The first-order valence-corrected chi connectivity index (χ1v) is 13.8. The average Bonchev–Trinajstić information content (AvgIpc) is 3.68. The Balaban J connectivity index is 1.27. The molecule has 0 radical (unpaired) electrons. The molecular weight excluding hydrogens is 498 g/mol. The molecule has 2 unspecified atom stereocenters. The smallest absolute Gasteiger partial charge is 0.250 e. The number of carbonyl (C=O) groups excluding carboxylic acids is 3. The van der Waals surface area contributed by atoms with E-state index in [9.17, 15) is 14.4 Å². The minimum absolute atomic E-state index is 0.0695. The van der Waals surface area contributed by atoms with Gasteiger partial charge in [0.15, 0.2) is 0 Å². The molecule has 0 bridgehead atoms. The first-order chi connectivity index (χ1) is 18.5. The number of fused-ring (bicyclic) bond motifs is 2. The Kier molecular flexibility index (Phi) is 6.47. The number of hydrogen-bond donors (Lipinski definition) is 3. The van der Waals surface area contributed by atoms with Gasteiger partial charge in [-0.3, -0.25) is 14.4 Å². The highest BCUT2D eigenvalue weighted by molar-refractivity contribution is 7.07. The monoisotopic (exact) mass is 527 g/mol. The van der Waals surface area contributed by atoms with Crippen molar-refractivity contribution in [1.82, 2.24) is 10.3 Å². The van der Waals surface area contributed by atoms with E-state index in [0.29, 0.717) is 32.4 Å². The van der Waals surface area contributed by atoms with Crippen LogP contribution in [0.2, 0.25) is 0 Å². The third kappa shape index (κ3) is 4.48. The quantitative estimate of drug-likeness (QED) is 0.342. The van der Waals surface area contributed by atoms with Crippen molar-refractivity contribution in [3.63, 3.8) is 0 Å². The molecule has 1 saturated heterocycles. The molecule has 194 valence electrons. The number of aromatic nitrogens is 1. The summed E-state index contributed by atoms with van der Waals surface area (Å²) < 4.78 is 0. The predicted molar refractivity (Wildman–Crippen MR) is 149 cm³/mol. The summed E-state index contributed by atoms with van der Waals surface area (Å²) in [4.78, 5) is 46.4. The second kappa shape index (κ2) is 10.1. The summed E-state index contributed by atoms with van der Waals surface area (Å²) in [5.41, 5.74) is 11.7. The van der Waals surface area contributed by atoms with E-state index < -0.39 is 12.1 Å². The molecule has 2 aromatic heterocycles. The van der Waals surface area contributed by atoms with Crippen molar-refractivity contribution in [3.05, 3.63) is 82.2 Å². The zero-order chi connectivity index (χ0) is 26.2. The molecule has 9 heteroatoms. The third-order valence-electron chi connectivity index (χ3n) is 7.41. The SMILES string of the molecule is NC(Cc1c[nH]c2ccccc12)C(=O)NC1Cc2cccc(N3CCCC3=O)c2N(Cc2ccsc2)C1=O. The second-order valence-electron chi connectivity index (χ2n) is 9.93. The van der Waals surface area contributed by atoms with E-state index in [1.807, 2.05) is 65.5 Å². The molecule has 6 rings (SSSR count). The van der Waals surface area contributed by atoms with Gasteiger partial charge in [0.25, 0.3) is 0 Å². The van der Waals surface area contributed by atoms with Gasteiger partial charge < -0.3 is 25.8 Å².